The van der Waals surface area contributed by atoms with Crippen LogP contribution in [0.5, 0.6) is 0 Å². The first-order chi connectivity index (χ1) is 7.07. The van der Waals surface area contributed by atoms with E-state index in [1.165, 1.54) is 0 Å². The molecule has 0 radical (unpaired) electrons. The van der Waals surface area contributed by atoms with Gasteiger partial charge in [-0.2, -0.15) is 4.98 Å². The van der Waals surface area contributed by atoms with E-state index in [0.717, 1.165) is 5.56 Å². The third kappa shape index (κ3) is 2.03. The van der Waals surface area contributed by atoms with Gasteiger partial charge in [0.05, 0.1) is 0 Å². The van der Waals surface area contributed by atoms with E-state index < -0.39 is 0 Å². The van der Waals surface area contributed by atoms with Crippen molar-refractivity contribution in [2.24, 2.45) is 0 Å². The Morgan fingerprint density at radius 2 is 1.80 bits per heavy atom. The van der Waals surface area contributed by atoms with Gasteiger partial charge in [-0.1, -0.05) is 25.9 Å². The molecule has 0 aliphatic rings. The summed E-state index contributed by atoms with van der Waals surface area (Å²) < 4.78 is 5.19. The molecular weight excluding hydrogens is 190 g/mol. The average molecular weight is 203 g/mol. The van der Waals surface area contributed by atoms with Crippen LogP contribution in [0.15, 0.2) is 29.0 Å². The molecule has 0 bridgehead atoms. The number of aromatic nitrogens is 3. The zero-order valence-electron chi connectivity index (χ0n) is 9.06. The van der Waals surface area contributed by atoms with Gasteiger partial charge in [0, 0.05) is 23.4 Å². The molecule has 0 aliphatic heterocycles. The third-order valence-electron chi connectivity index (χ3n) is 2.02. The van der Waals surface area contributed by atoms with Crippen LogP contribution in [-0.2, 0) is 5.41 Å². The predicted octanol–water partition coefficient (Wildman–Crippen LogP) is 2.43. The lowest BCUT2D eigenvalue weighted by Gasteiger charge is -2.10. The van der Waals surface area contributed by atoms with E-state index in [9.17, 15) is 0 Å². The monoisotopic (exact) mass is 203 g/mol. The summed E-state index contributed by atoms with van der Waals surface area (Å²) in [5.41, 5.74) is 0.808. The second-order valence-corrected chi connectivity index (χ2v) is 4.41. The van der Waals surface area contributed by atoms with Gasteiger partial charge in [-0.05, 0) is 12.1 Å². The first-order valence-electron chi connectivity index (χ1n) is 4.82. The van der Waals surface area contributed by atoms with Gasteiger partial charge in [0.25, 0.3) is 5.89 Å². The zero-order valence-corrected chi connectivity index (χ0v) is 9.06. The molecule has 15 heavy (non-hydrogen) atoms. The summed E-state index contributed by atoms with van der Waals surface area (Å²) >= 11 is 0. The Morgan fingerprint density at radius 1 is 1.13 bits per heavy atom. The van der Waals surface area contributed by atoms with Crippen molar-refractivity contribution in [3.05, 3.63) is 30.4 Å². The molecule has 0 saturated heterocycles. The molecule has 0 amide bonds. The highest BCUT2D eigenvalue weighted by Crippen LogP contribution is 2.22. The molecule has 0 N–H and O–H groups in total. The third-order valence-corrected chi connectivity index (χ3v) is 2.02. The van der Waals surface area contributed by atoms with Crippen LogP contribution in [0.1, 0.15) is 26.6 Å². The standard InChI is InChI=1S/C11H13N3O/c1-11(2,3)10-13-9(15-14-10)8-4-6-12-7-5-8/h4-7H,1-3H3. The first kappa shape index (κ1) is 9.83. The molecule has 0 spiro atoms. The maximum atomic E-state index is 5.19. The summed E-state index contributed by atoms with van der Waals surface area (Å²) in [6.45, 7) is 6.15. The first-order valence-corrected chi connectivity index (χ1v) is 4.82. The van der Waals surface area contributed by atoms with Gasteiger partial charge in [-0.15, -0.1) is 0 Å². The summed E-state index contributed by atoms with van der Waals surface area (Å²) in [6.07, 6.45) is 3.41. The SMILES string of the molecule is CC(C)(C)c1noc(-c2ccncc2)n1. The number of rotatable bonds is 1. The Kier molecular flexibility index (Phi) is 2.26. The van der Waals surface area contributed by atoms with E-state index in [1.807, 2.05) is 32.9 Å². The molecule has 0 atom stereocenters. The molecule has 4 nitrogen and oxygen atoms in total. The van der Waals surface area contributed by atoms with Crippen LogP contribution in [0, 0.1) is 0 Å². The number of hydrogen-bond donors (Lipinski definition) is 0. The largest absolute Gasteiger partial charge is 0.334 e. The van der Waals surface area contributed by atoms with Crippen LogP contribution in [0.2, 0.25) is 0 Å². The molecule has 0 aliphatic carbocycles. The van der Waals surface area contributed by atoms with Gasteiger partial charge in [0.1, 0.15) is 0 Å². The summed E-state index contributed by atoms with van der Waals surface area (Å²) in [5, 5.41) is 3.96. The van der Waals surface area contributed by atoms with Gasteiger partial charge in [0.2, 0.25) is 0 Å². The Bertz CT molecular complexity index is 442. The second kappa shape index (κ2) is 3.46. The Labute approximate surface area is 88.4 Å². The van der Waals surface area contributed by atoms with Gasteiger partial charge in [-0.3, -0.25) is 4.98 Å². The maximum absolute atomic E-state index is 5.19. The highest BCUT2D eigenvalue weighted by atomic mass is 16.5. The minimum Gasteiger partial charge on any atom is -0.334 e. The summed E-state index contributed by atoms with van der Waals surface area (Å²) in [6, 6.07) is 3.69. The van der Waals surface area contributed by atoms with Crippen molar-refractivity contribution in [3.8, 4) is 11.5 Å². The van der Waals surface area contributed by atoms with Crippen molar-refractivity contribution in [2.45, 2.75) is 26.2 Å². The highest BCUT2D eigenvalue weighted by Gasteiger charge is 2.21. The molecule has 2 rings (SSSR count). The molecule has 2 aromatic heterocycles. The lowest BCUT2D eigenvalue weighted by molar-refractivity contribution is 0.402. The van der Waals surface area contributed by atoms with Crippen molar-refractivity contribution in [1.82, 2.24) is 15.1 Å². The molecule has 0 saturated carbocycles. The predicted molar refractivity (Wildman–Crippen MR) is 56.2 cm³/mol. The van der Waals surface area contributed by atoms with Crippen molar-refractivity contribution < 1.29 is 4.52 Å². The van der Waals surface area contributed by atoms with Crippen molar-refractivity contribution >= 4 is 0 Å². The maximum Gasteiger partial charge on any atom is 0.258 e. The quantitative estimate of drug-likeness (QED) is 0.714. The minimum atomic E-state index is -0.0885. The molecule has 2 heterocycles. The van der Waals surface area contributed by atoms with Gasteiger partial charge in [-0.25, -0.2) is 0 Å². The van der Waals surface area contributed by atoms with E-state index in [1.54, 1.807) is 12.4 Å². The number of nitrogens with zero attached hydrogens (tertiary/aromatic N) is 3. The number of hydrogen-bond acceptors (Lipinski definition) is 4. The van der Waals surface area contributed by atoms with E-state index in [2.05, 4.69) is 15.1 Å². The van der Waals surface area contributed by atoms with E-state index >= 15 is 0 Å². The average Bonchev–Trinajstić information content (AvgIpc) is 2.67. The highest BCUT2D eigenvalue weighted by molar-refractivity contribution is 5.51. The van der Waals surface area contributed by atoms with Gasteiger partial charge >= 0.3 is 0 Å². The second-order valence-electron chi connectivity index (χ2n) is 4.41. The fraction of sp³-hybridized carbons (Fsp3) is 0.364. The zero-order chi connectivity index (χ0) is 10.9. The summed E-state index contributed by atoms with van der Waals surface area (Å²) in [4.78, 5) is 8.28. The van der Waals surface area contributed by atoms with Crippen LogP contribution in [-0.4, -0.2) is 15.1 Å². The fourth-order valence-corrected chi connectivity index (χ4v) is 1.14. The molecular formula is C11H13N3O. The lowest BCUT2D eigenvalue weighted by Crippen LogP contribution is -2.13. The fourth-order valence-electron chi connectivity index (χ4n) is 1.14. The number of pyridine rings is 1. The molecule has 78 valence electrons. The summed E-state index contributed by atoms with van der Waals surface area (Å²) in [7, 11) is 0. The van der Waals surface area contributed by atoms with Crippen LogP contribution in [0.25, 0.3) is 11.5 Å². The smallest absolute Gasteiger partial charge is 0.258 e. The molecule has 0 fully saturated rings. The Balaban J connectivity index is 2.37. The van der Waals surface area contributed by atoms with Gasteiger partial charge < -0.3 is 4.52 Å². The van der Waals surface area contributed by atoms with E-state index in [-0.39, 0.29) is 5.41 Å². The molecule has 0 unspecified atom stereocenters. The van der Waals surface area contributed by atoms with Crippen molar-refractivity contribution in [3.63, 3.8) is 0 Å². The molecule has 4 heteroatoms. The Hall–Kier alpha value is -1.71. The van der Waals surface area contributed by atoms with Crippen LogP contribution >= 0.6 is 0 Å². The van der Waals surface area contributed by atoms with Crippen LogP contribution < -0.4 is 0 Å². The van der Waals surface area contributed by atoms with Crippen molar-refractivity contribution in [2.75, 3.05) is 0 Å². The van der Waals surface area contributed by atoms with Gasteiger partial charge in [0.15, 0.2) is 5.82 Å². The van der Waals surface area contributed by atoms with Crippen LogP contribution in [0.4, 0.5) is 0 Å². The Morgan fingerprint density at radius 3 is 2.33 bits per heavy atom. The lowest BCUT2D eigenvalue weighted by atomic mass is 9.96. The topological polar surface area (TPSA) is 51.8 Å². The minimum absolute atomic E-state index is 0.0885. The normalized spacial score (nSPS) is 11.7. The molecule has 2 aromatic rings. The molecule has 0 aromatic carbocycles. The summed E-state index contributed by atoms with van der Waals surface area (Å²) in [5.74, 6) is 1.26. The van der Waals surface area contributed by atoms with Crippen molar-refractivity contribution in [1.29, 1.82) is 0 Å². The van der Waals surface area contributed by atoms with E-state index in [0.29, 0.717) is 11.7 Å². The van der Waals surface area contributed by atoms with Crippen LogP contribution in [0.3, 0.4) is 0 Å². The van der Waals surface area contributed by atoms with E-state index in [4.69, 9.17) is 4.52 Å².